The van der Waals surface area contributed by atoms with Crippen molar-refractivity contribution >= 4 is 11.7 Å². The van der Waals surface area contributed by atoms with Crippen molar-refractivity contribution in [1.29, 1.82) is 0 Å². The first-order chi connectivity index (χ1) is 10.7. The maximum absolute atomic E-state index is 12.6. The number of rotatable bonds is 4. The van der Waals surface area contributed by atoms with Crippen LogP contribution >= 0.6 is 0 Å². The van der Waals surface area contributed by atoms with Crippen LogP contribution in [0, 0.1) is 5.92 Å². The van der Waals surface area contributed by atoms with Gasteiger partial charge >= 0.3 is 0 Å². The first kappa shape index (κ1) is 14.6. The summed E-state index contributed by atoms with van der Waals surface area (Å²) in [5, 5.41) is 0. The topological polar surface area (TPSA) is 62.5 Å². The molecule has 1 unspecified atom stereocenters. The maximum Gasteiger partial charge on any atom is 0.227 e. The largest absolute Gasteiger partial charge is 0.467 e. The Morgan fingerprint density at radius 1 is 1.50 bits per heavy atom. The molecule has 2 aromatic heterocycles. The van der Waals surface area contributed by atoms with E-state index >= 15 is 0 Å². The Bertz CT molecular complexity index is 600. The number of anilines is 1. The second-order valence-electron chi connectivity index (χ2n) is 5.62. The molecule has 1 aliphatic heterocycles. The van der Waals surface area contributed by atoms with Gasteiger partial charge in [0.05, 0.1) is 24.9 Å². The van der Waals surface area contributed by atoms with Crippen LogP contribution in [0.15, 0.2) is 41.4 Å². The normalized spacial score (nSPS) is 18.2. The minimum absolute atomic E-state index is 0.00396. The van der Waals surface area contributed by atoms with Gasteiger partial charge in [-0.05, 0) is 25.0 Å². The van der Waals surface area contributed by atoms with Gasteiger partial charge in [0.2, 0.25) is 5.91 Å². The molecule has 3 heterocycles. The highest BCUT2D eigenvalue weighted by Crippen LogP contribution is 2.22. The van der Waals surface area contributed by atoms with Crippen molar-refractivity contribution in [1.82, 2.24) is 14.9 Å². The fraction of sp³-hybridized carbons (Fsp3) is 0.438. The fourth-order valence-electron chi connectivity index (χ4n) is 2.87. The summed E-state index contributed by atoms with van der Waals surface area (Å²) in [6, 6.07) is 3.72. The average Bonchev–Trinajstić information content (AvgIpc) is 3.08. The van der Waals surface area contributed by atoms with E-state index in [9.17, 15) is 4.79 Å². The monoisotopic (exact) mass is 300 g/mol. The number of furan rings is 1. The van der Waals surface area contributed by atoms with Crippen LogP contribution in [0.5, 0.6) is 0 Å². The Morgan fingerprint density at radius 3 is 3.14 bits per heavy atom. The number of hydrogen-bond donors (Lipinski definition) is 0. The minimum Gasteiger partial charge on any atom is -0.467 e. The van der Waals surface area contributed by atoms with Crippen molar-refractivity contribution in [3.63, 3.8) is 0 Å². The van der Waals surface area contributed by atoms with Crippen molar-refractivity contribution < 1.29 is 9.21 Å². The molecular formula is C16H20N4O2. The molecule has 1 fully saturated rings. The maximum atomic E-state index is 12.6. The van der Waals surface area contributed by atoms with E-state index in [0.29, 0.717) is 13.1 Å². The summed E-state index contributed by atoms with van der Waals surface area (Å²) in [4.78, 5) is 24.9. The molecule has 0 aromatic carbocycles. The van der Waals surface area contributed by atoms with Gasteiger partial charge in [-0.1, -0.05) is 0 Å². The van der Waals surface area contributed by atoms with Crippen LogP contribution in [0.1, 0.15) is 18.6 Å². The number of nitrogens with zero attached hydrogens (tertiary/aromatic N) is 4. The van der Waals surface area contributed by atoms with E-state index in [2.05, 4.69) is 14.9 Å². The van der Waals surface area contributed by atoms with Crippen LogP contribution in [0.2, 0.25) is 0 Å². The molecule has 1 amide bonds. The number of carbonyl (C=O) groups excluding carboxylic acids is 1. The standard InChI is InChI=1S/C16H20N4O2/c1-19(12-14-5-3-9-22-14)16(21)13-4-2-8-20(11-13)15-10-17-6-7-18-15/h3,5-7,9-10,13H,2,4,8,11-12H2,1H3. The van der Waals surface area contributed by atoms with Crippen LogP contribution in [0.3, 0.4) is 0 Å². The quantitative estimate of drug-likeness (QED) is 0.863. The van der Waals surface area contributed by atoms with Gasteiger partial charge in [-0.3, -0.25) is 9.78 Å². The molecule has 22 heavy (non-hydrogen) atoms. The number of aromatic nitrogens is 2. The lowest BCUT2D eigenvalue weighted by Crippen LogP contribution is -2.43. The summed E-state index contributed by atoms with van der Waals surface area (Å²) in [6.07, 6.45) is 8.63. The molecule has 0 saturated carbocycles. The smallest absolute Gasteiger partial charge is 0.227 e. The minimum atomic E-state index is -0.00396. The summed E-state index contributed by atoms with van der Waals surface area (Å²) in [7, 11) is 1.83. The molecule has 0 bridgehead atoms. The third kappa shape index (κ3) is 3.27. The number of amides is 1. The molecular weight excluding hydrogens is 280 g/mol. The van der Waals surface area contributed by atoms with Gasteiger partial charge in [-0.25, -0.2) is 4.98 Å². The van der Waals surface area contributed by atoms with E-state index in [1.807, 2.05) is 19.2 Å². The Balaban J connectivity index is 1.62. The highest BCUT2D eigenvalue weighted by atomic mass is 16.3. The molecule has 116 valence electrons. The van der Waals surface area contributed by atoms with Crippen molar-refractivity contribution in [3.05, 3.63) is 42.7 Å². The van der Waals surface area contributed by atoms with Gasteiger partial charge < -0.3 is 14.2 Å². The van der Waals surface area contributed by atoms with Crippen LogP contribution in [0.25, 0.3) is 0 Å². The van der Waals surface area contributed by atoms with E-state index in [0.717, 1.165) is 31.0 Å². The lowest BCUT2D eigenvalue weighted by Gasteiger charge is -2.34. The summed E-state index contributed by atoms with van der Waals surface area (Å²) < 4.78 is 5.31. The molecule has 0 spiro atoms. The summed E-state index contributed by atoms with van der Waals surface area (Å²) in [6.45, 7) is 2.12. The number of carbonyl (C=O) groups is 1. The lowest BCUT2D eigenvalue weighted by molar-refractivity contribution is -0.135. The molecule has 0 radical (unpaired) electrons. The predicted octanol–water partition coefficient (Wildman–Crippen LogP) is 1.94. The molecule has 6 nitrogen and oxygen atoms in total. The highest BCUT2D eigenvalue weighted by molar-refractivity contribution is 5.79. The van der Waals surface area contributed by atoms with Gasteiger partial charge in [-0.2, -0.15) is 0 Å². The first-order valence-electron chi connectivity index (χ1n) is 7.52. The Kier molecular flexibility index (Phi) is 4.37. The van der Waals surface area contributed by atoms with Crippen LogP contribution in [-0.2, 0) is 11.3 Å². The lowest BCUT2D eigenvalue weighted by atomic mass is 9.96. The molecule has 0 aliphatic carbocycles. The predicted molar refractivity (Wildman–Crippen MR) is 82.2 cm³/mol. The first-order valence-corrected chi connectivity index (χ1v) is 7.52. The molecule has 3 rings (SSSR count). The Morgan fingerprint density at radius 2 is 2.41 bits per heavy atom. The van der Waals surface area contributed by atoms with Crippen LogP contribution in [-0.4, -0.2) is 40.9 Å². The van der Waals surface area contributed by atoms with Gasteiger partial charge in [0.25, 0.3) is 0 Å². The summed E-state index contributed by atoms with van der Waals surface area (Å²) in [5.41, 5.74) is 0. The van der Waals surface area contributed by atoms with E-state index in [1.165, 1.54) is 0 Å². The second kappa shape index (κ2) is 6.60. The van der Waals surface area contributed by atoms with Crippen molar-refractivity contribution in [3.8, 4) is 0 Å². The van der Waals surface area contributed by atoms with Crippen molar-refractivity contribution in [2.45, 2.75) is 19.4 Å². The van der Waals surface area contributed by atoms with E-state index < -0.39 is 0 Å². The molecule has 1 atom stereocenters. The van der Waals surface area contributed by atoms with E-state index in [4.69, 9.17) is 4.42 Å². The zero-order valence-corrected chi connectivity index (χ0v) is 12.7. The third-order valence-corrected chi connectivity index (χ3v) is 3.99. The summed E-state index contributed by atoms with van der Waals surface area (Å²) in [5.74, 6) is 1.80. The molecule has 0 N–H and O–H groups in total. The van der Waals surface area contributed by atoms with E-state index in [1.54, 1.807) is 29.8 Å². The third-order valence-electron chi connectivity index (χ3n) is 3.99. The molecule has 1 aliphatic rings. The van der Waals surface area contributed by atoms with Crippen molar-refractivity contribution in [2.24, 2.45) is 5.92 Å². The van der Waals surface area contributed by atoms with Gasteiger partial charge in [0.15, 0.2) is 0 Å². The Labute approximate surface area is 129 Å². The SMILES string of the molecule is CN(Cc1ccco1)C(=O)C1CCCN(c2cnccn2)C1. The van der Waals surface area contributed by atoms with Gasteiger partial charge in [0.1, 0.15) is 11.6 Å². The molecule has 2 aromatic rings. The number of hydrogen-bond acceptors (Lipinski definition) is 5. The highest BCUT2D eigenvalue weighted by Gasteiger charge is 2.28. The summed E-state index contributed by atoms with van der Waals surface area (Å²) >= 11 is 0. The zero-order chi connectivity index (χ0) is 15.4. The second-order valence-corrected chi connectivity index (χ2v) is 5.62. The molecule has 1 saturated heterocycles. The van der Waals surface area contributed by atoms with Crippen molar-refractivity contribution in [2.75, 3.05) is 25.0 Å². The molecule has 6 heteroatoms. The fourth-order valence-corrected chi connectivity index (χ4v) is 2.87. The number of piperidine rings is 1. The average molecular weight is 300 g/mol. The van der Waals surface area contributed by atoms with E-state index in [-0.39, 0.29) is 11.8 Å². The van der Waals surface area contributed by atoms with Gasteiger partial charge in [-0.15, -0.1) is 0 Å². The van der Waals surface area contributed by atoms with Crippen LogP contribution < -0.4 is 4.90 Å². The van der Waals surface area contributed by atoms with Gasteiger partial charge in [0, 0.05) is 32.5 Å². The zero-order valence-electron chi connectivity index (χ0n) is 12.7. The Hall–Kier alpha value is -2.37. The van der Waals surface area contributed by atoms with Crippen LogP contribution in [0.4, 0.5) is 5.82 Å².